The topological polar surface area (TPSA) is 38.3 Å². The smallest absolute Gasteiger partial charge is 0.407 e. The molecule has 1 fully saturated rings. The molecule has 0 saturated carbocycles. The van der Waals surface area contributed by atoms with Crippen molar-refractivity contribution < 1.29 is 9.53 Å². The van der Waals surface area contributed by atoms with E-state index in [9.17, 15) is 4.79 Å². The number of rotatable bonds is 0. The number of hydrogen-bond donors (Lipinski definition) is 1. The second kappa shape index (κ2) is 3.39. The lowest BCUT2D eigenvalue weighted by atomic mass is 9.58. The van der Waals surface area contributed by atoms with Crippen molar-refractivity contribution in [3.63, 3.8) is 0 Å². The van der Waals surface area contributed by atoms with Crippen molar-refractivity contribution in [2.75, 3.05) is 6.61 Å². The zero-order valence-electron chi connectivity index (χ0n) is 10.7. The molecule has 0 atom stereocenters. The lowest BCUT2D eigenvalue weighted by Gasteiger charge is -2.55. The number of carbonyl (C=O) groups excluding carboxylic acids is 1. The van der Waals surface area contributed by atoms with Gasteiger partial charge in [0.15, 0.2) is 0 Å². The Morgan fingerprint density at radius 1 is 1.13 bits per heavy atom. The zero-order chi connectivity index (χ0) is 11.9. The Balaban J connectivity index is 3.13. The van der Waals surface area contributed by atoms with Crippen LogP contribution in [0.2, 0.25) is 0 Å². The van der Waals surface area contributed by atoms with E-state index in [4.69, 9.17) is 4.74 Å². The average molecular weight is 213 g/mol. The van der Waals surface area contributed by atoms with E-state index in [0.29, 0.717) is 6.61 Å². The van der Waals surface area contributed by atoms with Gasteiger partial charge in [-0.2, -0.15) is 0 Å². The van der Waals surface area contributed by atoms with Gasteiger partial charge in [0.2, 0.25) is 0 Å². The zero-order valence-corrected chi connectivity index (χ0v) is 10.7. The SMILES string of the molecule is CC(C)(C)C1(C(C)(C)C)CCOC(=O)N1. The van der Waals surface area contributed by atoms with Crippen LogP contribution in [0.5, 0.6) is 0 Å². The normalized spacial score (nSPS) is 21.9. The van der Waals surface area contributed by atoms with Crippen LogP contribution in [-0.2, 0) is 4.74 Å². The number of cyclic esters (lactones) is 1. The molecule has 88 valence electrons. The van der Waals surface area contributed by atoms with E-state index in [-0.39, 0.29) is 22.5 Å². The first-order valence-corrected chi connectivity index (χ1v) is 5.55. The number of alkyl carbamates (subject to hydrolysis) is 1. The Bertz CT molecular complexity index is 244. The molecule has 1 rings (SSSR count). The molecule has 3 heteroatoms. The molecule has 0 aromatic carbocycles. The fourth-order valence-electron chi connectivity index (χ4n) is 2.82. The predicted molar refractivity (Wildman–Crippen MR) is 60.7 cm³/mol. The summed E-state index contributed by atoms with van der Waals surface area (Å²) < 4.78 is 4.97. The molecule has 1 aliphatic rings. The summed E-state index contributed by atoms with van der Waals surface area (Å²) in [5.74, 6) is 0. The van der Waals surface area contributed by atoms with Crippen LogP contribution in [0.25, 0.3) is 0 Å². The molecule has 1 heterocycles. The summed E-state index contributed by atoms with van der Waals surface area (Å²) in [6.45, 7) is 13.5. The molecule has 0 aromatic heterocycles. The summed E-state index contributed by atoms with van der Waals surface area (Å²) >= 11 is 0. The maximum absolute atomic E-state index is 11.4. The van der Waals surface area contributed by atoms with Crippen molar-refractivity contribution >= 4 is 6.09 Å². The third kappa shape index (κ3) is 1.97. The van der Waals surface area contributed by atoms with E-state index in [1.807, 2.05) is 0 Å². The van der Waals surface area contributed by atoms with Gasteiger partial charge in [0.1, 0.15) is 0 Å². The van der Waals surface area contributed by atoms with Crippen LogP contribution in [0.15, 0.2) is 0 Å². The molecule has 0 aliphatic carbocycles. The van der Waals surface area contributed by atoms with Crippen LogP contribution in [-0.4, -0.2) is 18.2 Å². The maximum atomic E-state index is 11.4. The van der Waals surface area contributed by atoms with Gasteiger partial charge in [-0.3, -0.25) is 0 Å². The maximum Gasteiger partial charge on any atom is 0.407 e. The summed E-state index contributed by atoms with van der Waals surface area (Å²) in [7, 11) is 0. The van der Waals surface area contributed by atoms with E-state index in [1.54, 1.807) is 0 Å². The molecule has 0 spiro atoms. The van der Waals surface area contributed by atoms with Gasteiger partial charge < -0.3 is 10.1 Å². The lowest BCUT2D eigenvalue weighted by Crippen LogP contribution is -2.67. The number of hydrogen-bond acceptors (Lipinski definition) is 2. The van der Waals surface area contributed by atoms with Gasteiger partial charge in [-0.25, -0.2) is 4.79 Å². The standard InChI is InChI=1S/C12H23NO2/c1-10(2,3)12(11(4,5)6)7-8-15-9(14)13-12/h7-8H2,1-6H3,(H,13,14). The number of ether oxygens (including phenoxy) is 1. The fraction of sp³-hybridized carbons (Fsp3) is 0.917. The lowest BCUT2D eigenvalue weighted by molar-refractivity contribution is -0.0289. The first kappa shape index (κ1) is 12.3. The highest BCUT2D eigenvalue weighted by atomic mass is 16.6. The molecule has 0 aromatic rings. The van der Waals surface area contributed by atoms with Crippen molar-refractivity contribution in [3.8, 4) is 0 Å². The van der Waals surface area contributed by atoms with Crippen molar-refractivity contribution in [3.05, 3.63) is 0 Å². The van der Waals surface area contributed by atoms with E-state index >= 15 is 0 Å². The average Bonchev–Trinajstić information content (AvgIpc) is 1.99. The second-order valence-electron chi connectivity index (χ2n) is 6.42. The third-order valence-electron chi connectivity index (χ3n) is 3.59. The molecule has 15 heavy (non-hydrogen) atoms. The molecule has 1 amide bonds. The summed E-state index contributed by atoms with van der Waals surface area (Å²) in [6.07, 6.45) is 0.581. The number of amides is 1. The summed E-state index contributed by atoms with van der Waals surface area (Å²) in [4.78, 5) is 11.4. The highest BCUT2D eigenvalue weighted by Crippen LogP contribution is 2.47. The van der Waals surface area contributed by atoms with Gasteiger partial charge >= 0.3 is 6.09 Å². The fourth-order valence-corrected chi connectivity index (χ4v) is 2.82. The Morgan fingerprint density at radius 2 is 1.60 bits per heavy atom. The van der Waals surface area contributed by atoms with Crippen molar-refractivity contribution in [2.45, 2.75) is 53.5 Å². The first-order valence-electron chi connectivity index (χ1n) is 5.55. The molecule has 0 bridgehead atoms. The third-order valence-corrected chi connectivity index (χ3v) is 3.59. The van der Waals surface area contributed by atoms with Gasteiger partial charge in [0.05, 0.1) is 12.1 Å². The van der Waals surface area contributed by atoms with Crippen molar-refractivity contribution in [1.29, 1.82) is 0 Å². The van der Waals surface area contributed by atoms with E-state index in [1.165, 1.54) is 0 Å². The van der Waals surface area contributed by atoms with E-state index in [0.717, 1.165) is 6.42 Å². The van der Waals surface area contributed by atoms with Gasteiger partial charge in [-0.1, -0.05) is 41.5 Å². The molecule has 1 N–H and O–H groups in total. The molecule has 0 unspecified atom stereocenters. The first-order chi connectivity index (χ1) is 6.60. The molecule has 1 saturated heterocycles. The van der Waals surface area contributed by atoms with Gasteiger partial charge in [0, 0.05) is 6.42 Å². The Kier molecular flexibility index (Phi) is 2.79. The van der Waals surface area contributed by atoms with E-state index < -0.39 is 0 Å². The minimum atomic E-state index is -0.286. The summed E-state index contributed by atoms with van der Waals surface area (Å²) in [5, 5.41) is 3.05. The Morgan fingerprint density at radius 3 is 1.87 bits per heavy atom. The molecule has 3 nitrogen and oxygen atoms in total. The minimum Gasteiger partial charge on any atom is -0.449 e. The van der Waals surface area contributed by atoms with E-state index in [2.05, 4.69) is 46.9 Å². The van der Waals surface area contributed by atoms with Crippen LogP contribution < -0.4 is 5.32 Å². The van der Waals surface area contributed by atoms with Crippen LogP contribution in [0, 0.1) is 10.8 Å². The summed E-state index contributed by atoms with van der Waals surface area (Å²) in [5.41, 5.74) is -0.162. The Hall–Kier alpha value is -0.730. The van der Waals surface area contributed by atoms with Crippen LogP contribution >= 0.6 is 0 Å². The largest absolute Gasteiger partial charge is 0.449 e. The molecular weight excluding hydrogens is 190 g/mol. The van der Waals surface area contributed by atoms with Crippen molar-refractivity contribution in [1.82, 2.24) is 5.32 Å². The van der Waals surface area contributed by atoms with Gasteiger partial charge in [-0.15, -0.1) is 0 Å². The van der Waals surface area contributed by atoms with Gasteiger partial charge in [0.25, 0.3) is 0 Å². The quantitative estimate of drug-likeness (QED) is 0.672. The number of nitrogens with one attached hydrogen (secondary N) is 1. The molecule has 0 radical (unpaired) electrons. The monoisotopic (exact) mass is 213 g/mol. The predicted octanol–water partition coefficient (Wildman–Crippen LogP) is 2.95. The second-order valence-corrected chi connectivity index (χ2v) is 6.42. The Labute approximate surface area is 92.6 Å². The van der Waals surface area contributed by atoms with Crippen LogP contribution in [0.1, 0.15) is 48.0 Å². The van der Waals surface area contributed by atoms with Crippen LogP contribution in [0.4, 0.5) is 4.79 Å². The minimum absolute atomic E-state index is 0.0185. The number of carbonyl (C=O) groups is 1. The highest BCUT2D eigenvalue weighted by molar-refractivity contribution is 5.69. The van der Waals surface area contributed by atoms with Gasteiger partial charge in [-0.05, 0) is 10.8 Å². The van der Waals surface area contributed by atoms with Crippen LogP contribution in [0.3, 0.4) is 0 Å². The highest BCUT2D eigenvalue weighted by Gasteiger charge is 2.53. The van der Waals surface area contributed by atoms with Crippen molar-refractivity contribution in [2.24, 2.45) is 10.8 Å². The summed E-state index contributed by atoms with van der Waals surface area (Å²) in [6, 6.07) is 0. The molecular formula is C12H23NO2. The molecule has 1 aliphatic heterocycles.